The van der Waals surface area contributed by atoms with Crippen molar-refractivity contribution in [1.29, 1.82) is 0 Å². The molecule has 0 radical (unpaired) electrons. The van der Waals surface area contributed by atoms with Crippen LogP contribution in [0, 0.1) is 0 Å². The van der Waals surface area contributed by atoms with Crippen molar-refractivity contribution < 1.29 is 29.7 Å². The molecule has 0 unspecified atom stereocenters. The van der Waals surface area contributed by atoms with E-state index < -0.39 is 24.9 Å². The Morgan fingerprint density at radius 3 is 1.10 bits per heavy atom. The minimum absolute atomic E-state index is 0. The summed E-state index contributed by atoms with van der Waals surface area (Å²) >= 11 is -3.29. The summed E-state index contributed by atoms with van der Waals surface area (Å²) in [6, 6.07) is 0. The van der Waals surface area contributed by atoms with Gasteiger partial charge in [-0.15, -0.1) is 0 Å². The molecule has 7 nitrogen and oxygen atoms in total. The van der Waals surface area contributed by atoms with Crippen LogP contribution >= 0.6 is 0 Å². The first kappa shape index (κ1) is 17.6. The molecule has 0 atom stereocenters. The van der Waals surface area contributed by atoms with Crippen LogP contribution in [0.4, 0.5) is 0 Å². The quantitative estimate of drug-likeness (QED) is 0.273. The second-order valence-electron chi connectivity index (χ2n) is 0.679. The first-order chi connectivity index (χ1) is 3.73. The minimum atomic E-state index is -4.67. The molecule has 0 aliphatic carbocycles. The predicted molar refractivity (Wildman–Crippen MR) is 33.6 cm³/mol. The maximum atomic E-state index is 8.76. The molecule has 10 heteroatoms. The van der Waals surface area contributed by atoms with Crippen molar-refractivity contribution in [3.05, 3.63) is 0 Å². The summed E-state index contributed by atoms with van der Waals surface area (Å²) in [7, 11) is -4.67. The van der Waals surface area contributed by atoms with E-state index in [9.17, 15) is 0 Å². The summed E-state index contributed by atoms with van der Waals surface area (Å²) in [6.45, 7) is 0. The number of hydrogen-bond donors (Lipinski definition) is 4. The van der Waals surface area contributed by atoms with Crippen LogP contribution < -0.4 is 0 Å². The van der Waals surface area contributed by atoms with Crippen LogP contribution in [0.15, 0.2) is 0 Å². The maximum absolute atomic E-state index is 8.76. The van der Waals surface area contributed by atoms with Gasteiger partial charge in [0.05, 0.1) is 0 Å². The van der Waals surface area contributed by atoms with Crippen molar-refractivity contribution in [2.24, 2.45) is 0 Å². The third-order valence-corrected chi connectivity index (χ3v) is 0. The number of hydrogen-bond acceptors (Lipinski definition) is 3. The molecular formula is H6O7SSeSr. The van der Waals surface area contributed by atoms with Gasteiger partial charge in [-0.25, -0.2) is 0 Å². The van der Waals surface area contributed by atoms with Crippen molar-refractivity contribution in [3.63, 3.8) is 0 Å². The molecule has 0 amide bonds. The molecule has 4 N–H and O–H groups in total. The fourth-order valence-electron chi connectivity index (χ4n) is 0. The molecule has 0 aliphatic heterocycles. The van der Waals surface area contributed by atoms with E-state index in [2.05, 4.69) is 0 Å². The molecule has 10 heavy (non-hydrogen) atoms. The van der Waals surface area contributed by atoms with Gasteiger partial charge in [0.1, 0.15) is 0 Å². The van der Waals surface area contributed by atoms with Crippen LogP contribution in [0.25, 0.3) is 0 Å². The third-order valence-electron chi connectivity index (χ3n) is 0. The summed E-state index contributed by atoms with van der Waals surface area (Å²) in [4.78, 5) is 0. The standard InChI is InChI=1S/H2O4S.H2O3Se.Sr.2H/c1-5(2,3)4;1-4(2)3;;;/h(H2,1,2,3,4);(H2,1,2,3);;;. The molecule has 0 aromatic rings. The Hall–Kier alpha value is 1.59. The van der Waals surface area contributed by atoms with Crippen LogP contribution in [0.3, 0.4) is 0 Å². The van der Waals surface area contributed by atoms with Crippen LogP contribution in [0.2, 0.25) is 0 Å². The molecule has 0 saturated carbocycles. The topological polar surface area (TPSA) is 132 Å². The van der Waals surface area contributed by atoms with Gasteiger partial charge in [0, 0.05) is 0 Å². The number of rotatable bonds is 0. The van der Waals surface area contributed by atoms with Gasteiger partial charge in [0.2, 0.25) is 0 Å². The molecule has 0 heterocycles. The normalized spacial score (nSPS) is 9.30. The molecule has 0 aliphatic rings. The van der Waals surface area contributed by atoms with Crippen molar-refractivity contribution in [1.82, 2.24) is 0 Å². The Kier molecular flexibility index (Phi) is 15.3. The second kappa shape index (κ2) is 8.68. The van der Waals surface area contributed by atoms with Gasteiger partial charge in [-0.1, -0.05) is 0 Å². The van der Waals surface area contributed by atoms with Gasteiger partial charge in [-0.3, -0.25) is 9.11 Å². The Morgan fingerprint density at radius 2 is 1.10 bits per heavy atom. The molecule has 0 bridgehead atoms. The Morgan fingerprint density at radius 1 is 1.10 bits per heavy atom. The van der Waals surface area contributed by atoms with Gasteiger partial charge in [0.25, 0.3) is 0 Å². The zero-order valence-corrected chi connectivity index (χ0v) is 6.36. The first-order valence-electron chi connectivity index (χ1n) is 1.23. The van der Waals surface area contributed by atoms with Crippen molar-refractivity contribution >= 4 is 70.4 Å². The van der Waals surface area contributed by atoms with E-state index in [1.54, 1.807) is 0 Å². The van der Waals surface area contributed by atoms with E-state index in [4.69, 9.17) is 29.7 Å². The second-order valence-corrected chi connectivity index (χ2v) is 2.54. The molecule has 0 aromatic heterocycles. The van der Waals surface area contributed by atoms with E-state index >= 15 is 0 Å². The van der Waals surface area contributed by atoms with Crippen LogP contribution in [-0.4, -0.2) is 85.9 Å². The fourth-order valence-corrected chi connectivity index (χ4v) is 0. The van der Waals surface area contributed by atoms with E-state index in [0.29, 0.717) is 0 Å². The van der Waals surface area contributed by atoms with E-state index in [1.165, 1.54) is 0 Å². The molecule has 0 spiro atoms. The van der Waals surface area contributed by atoms with Crippen molar-refractivity contribution in [2.75, 3.05) is 0 Å². The van der Waals surface area contributed by atoms with Gasteiger partial charge in [0.15, 0.2) is 0 Å². The average molecular weight is 317 g/mol. The van der Waals surface area contributed by atoms with Crippen molar-refractivity contribution in [3.8, 4) is 0 Å². The van der Waals surface area contributed by atoms with Crippen molar-refractivity contribution in [2.45, 2.75) is 0 Å². The first-order valence-corrected chi connectivity index (χ1v) is 4.86. The zero-order chi connectivity index (χ0) is 8.08. The summed E-state index contributed by atoms with van der Waals surface area (Å²) in [5, 5.41) is 0. The predicted octanol–water partition coefficient (Wildman–Crippen LogP) is -3.18. The monoisotopic (exact) mass is 318 g/mol. The van der Waals surface area contributed by atoms with Gasteiger partial charge in [-0.05, 0) is 0 Å². The summed E-state index contributed by atoms with van der Waals surface area (Å²) in [6.07, 6.45) is 0. The summed E-state index contributed by atoms with van der Waals surface area (Å²) in [5.74, 6) is 0. The molecule has 0 fully saturated rings. The Balaban J connectivity index is -0.0000000910. The summed E-state index contributed by atoms with van der Waals surface area (Å²) < 4.78 is 54.7. The van der Waals surface area contributed by atoms with Crippen LogP contribution in [0.1, 0.15) is 0 Å². The SMILES string of the molecule is O=S(=O)(O)O.O=[Se](O)O.[SrH2]. The Labute approximate surface area is 98.6 Å². The molecule has 0 rings (SSSR count). The fraction of sp³-hybridized carbons (Fsp3) is 0. The average Bonchev–Trinajstić information content (AvgIpc) is 1.19. The molecule has 0 saturated heterocycles. The zero-order valence-electron chi connectivity index (χ0n) is 3.83. The van der Waals surface area contributed by atoms with E-state index in [1.807, 2.05) is 0 Å². The van der Waals surface area contributed by atoms with Gasteiger partial charge in [-0.2, -0.15) is 8.42 Å². The van der Waals surface area contributed by atoms with Gasteiger partial charge >= 0.3 is 82.6 Å². The van der Waals surface area contributed by atoms with E-state index in [0.717, 1.165) is 0 Å². The molecule has 0 aromatic carbocycles. The summed E-state index contributed by atoms with van der Waals surface area (Å²) in [5.41, 5.74) is 0. The van der Waals surface area contributed by atoms with E-state index in [-0.39, 0.29) is 45.5 Å². The van der Waals surface area contributed by atoms with Crippen LogP contribution in [-0.2, 0) is 14.2 Å². The Bertz CT molecular complexity index is 156. The van der Waals surface area contributed by atoms with Gasteiger partial charge < -0.3 is 0 Å². The third kappa shape index (κ3) is 280. The molecular weight excluding hydrogens is 311 g/mol. The molecule has 62 valence electrons. The van der Waals surface area contributed by atoms with Crippen LogP contribution in [0.5, 0.6) is 0 Å².